The van der Waals surface area contributed by atoms with Crippen molar-refractivity contribution < 1.29 is 0 Å². The van der Waals surface area contributed by atoms with Gasteiger partial charge in [-0.2, -0.15) is 0 Å². The van der Waals surface area contributed by atoms with Gasteiger partial charge in [-0.1, -0.05) is 18.6 Å². The summed E-state index contributed by atoms with van der Waals surface area (Å²) in [5.41, 5.74) is 2.73. The van der Waals surface area contributed by atoms with E-state index < -0.39 is 0 Å². The third-order valence-electron chi connectivity index (χ3n) is 6.42. The first-order chi connectivity index (χ1) is 10.2. The van der Waals surface area contributed by atoms with E-state index in [0.717, 1.165) is 36.3 Å². The fraction of sp³-hybridized carbons (Fsp3) is 0.684. The third kappa shape index (κ3) is 2.38. The summed E-state index contributed by atoms with van der Waals surface area (Å²) in [6.45, 7) is 1.03. The van der Waals surface area contributed by atoms with Crippen LogP contribution >= 0.6 is 0 Å². The summed E-state index contributed by atoms with van der Waals surface area (Å²) < 4.78 is 0. The van der Waals surface area contributed by atoms with Crippen LogP contribution in [0.25, 0.3) is 0 Å². The highest BCUT2D eigenvalue weighted by Gasteiger charge is 2.53. The Balaban J connectivity index is 1.39. The number of anilines is 1. The Morgan fingerprint density at radius 3 is 2.81 bits per heavy atom. The summed E-state index contributed by atoms with van der Waals surface area (Å²) in [6, 6.07) is 9.73. The lowest BCUT2D eigenvalue weighted by Gasteiger charge is -2.32. The van der Waals surface area contributed by atoms with E-state index in [2.05, 4.69) is 48.6 Å². The van der Waals surface area contributed by atoms with E-state index in [-0.39, 0.29) is 0 Å². The van der Waals surface area contributed by atoms with Crippen LogP contribution in [0.15, 0.2) is 24.3 Å². The average molecular weight is 284 g/mol. The molecule has 21 heavy (non-hydrogen) atoms. The minimum Gasteiger partial charge on any atom is -0.378 e. The summed E-state index contributed by atoms with van der Waals surface area (Å²) in [5.74, 6) is 4.20. The van der Waals surface area contributed by atoms with Crippen LogP contribution in [0.5, 0.6) is 0 Å². The molecular formula is C19H28N2. The SMILES string of the molecule is CN(C)c1cccc(CNC2CC3CC2C2CCCC32)c1. The molecule has 0 aromatic heterocycles. The van der Waals surface area contributed by atoms with Crippen LogP contribution in [0.2, 0.25) is 0 Å². The van der Waals surface area contributed by atoms with Crippen molar-refractivity contribution in [1.29, 1.82) is 0 Å². The number of hydrogen-bond donors (Lipinski definition) is 1. The van der Waals surface area contributed by atoms with Gasteiger partial charge in [0.25, 0.3) is 0 Å². The van der Waals surface area contributed by atoms with Crippen LogP contribution < -0.4 is 10.2 Å². The zero-order chi connectivity index (χ0) is 14.4. The van der Waals surface area contributed by atoms with E-state index in [1.54, 1.807) is 0 Å². The largest absolute Gasteiger partial charge is 0.378 e. The Kier molecular flexibility index (Phi) is 3.45. The molecule has 3 aliphatic rings. The predicted molar refractivity (Wildman–Crippen MR) is 88.4 cm³/mol. The van der Waals surface area contributed by atoms with Gasteiger partial charge in [0.2, 0.25) is 0 Å². The predicted octanol–water partition coefficient (Wildman–Crippen LogP) is 3.67. The molecule has 1 N–H and O–H groups in total. The van der Waals surface area contributed by atoms with Gasteiger partial charge in [0.1, 0.15) is 0 Å². The summed E-state index contributed by atoms with van der Waals surface area (Å²) in [5, 5.41) is 3.89. The van der Waals surface area contributed by atoms with Gasteiger partial charge in [-0.3, -0.25) is 0 Å². The molecule has 5 unspecified atom stereocenters. The summed E-state index contributed by atoms with van der Waals surface area (Å²) in [6.07, 6.45) is 7.51. The highest BCUT2D eigenvalue weighted by atomic mass is 15.1. The molecule has 3 saturated carbocycles. The van der Waals surface area contributed by atoms with E-state index in [4.69, 9.17) is 0 Å². The fourth-order valence-corrected chi connectivity index (χ4v) is 5.50. The number of rotatable bonds is 4. The molecule has 1 aromatic rings. The van der Waals surface area contributed by atoms with Crippen molar-refractivity contribution in [2.75, 3.05) is 19.0 Å². The van der Waals surface area contributed by atoms with Gasteiger partial charge in [0.05, 0.1) is 0 Å². The standard InChI is InChI=1S/C19H28N2/c1-21(2)15-6-3-5-13(9-15)12-20-19-11-14-10-18(19)17-8-4-7-16(14)17/h3,5-6,9,14,16-20H,4,7-8,10-12H2,1-2H3. The molecule has 3 fully saturated rings. The fourth-order valence-electron chi connectivity index (χ4n) is 5.50. The topological polar surface area (TPSA) is 15.3 Å². The van der Waals surface area contributed by atoms with Gasteiger partial charge in [-0.15, -0.1) is 0 Å². The number of benzene rings is 1. The molecule has 2 bridgehead atoms. The number of hydrogen-bond acceptors (Lipinski definition) is 2. The molecule has 3 aliphatic carbocycles. The van der Waals surface area contributed by atoms with Crippen LogP contribution in [0.1, 0.15) is 37.7 Å². The minimum absolute atomic E-state index is 0.789. The lowest BCUT2D eigenvalue weighted by molar-refractivity contribution is 0.208. The van der Waals surface area contributed by atoms with Gasteiger partial charge in [-0.25, -0.2) is 0 Å². The molecule has 0 radical (unpaired) electrons. The zero-order valence-electron chi connectivity index (χ0n) is 13.4. The third-order valence-corrected chi connectivity index (χ3v) is 6.42. The van der Waals surface area contributed by atoms with E-state index in [0.29, 0.717) is 0 Å². The molecule has 5 atom stereocenters. The van der Waals surface area contributed by atoms with E-state index in [9.17, 15) is 0 Å². The molecular weight excluding hydrogens is 256 g/mol. The molecule has 4 rings (SSSR count). The Morgan fingerprint density at radius 2 is 1.95 bits per heavy atom. The quantitative estimate of drug-likeness (QED) is 0.907. The summed E-state index contributed by atoms with van der Waals surface area (Å²) in [7, 11) is 4.23. The monoisotopic (exact) mass is 284 g/mol. The molecule has 114 valence electrons. The smallest absolute Gasteiger partial charge is 0.0364 e. The lowest BCUT2D eigenvalue weighted by Crippen LogP contribution is -2.38. The van der Waals surface area contributed by atoms with Gasteiger partial charge in [0, 0.05) is 32.4 Å². The first-order valence-corrected chi connectivity index (χ1v) is 8.72. The molecule has 2 heteroatoms. The second-order valence-corrected chi connectivity index (χ2v) is 7.71. The first-order valence-electron chi connectivity index (χ1n) is 8.72. The van der Waals surface area contributed by atoms with E-state index >= 15 is 0 Å². The lowest BCUT2D eigenvalue weighted by atomic mass is 9.79. The van der Waals surface area contributed by atoms with Crippen LogP contribution in [0.4, 0.5) is 5.69 Å². The van der Waals surface area contributed by atoms with Gasteiger partial charge in [0.15, 0.2) is 0 Å². The van der Waals surface area contributed by atoms with Crippen LogP contribution in [-0.2, 0) is 6.54 Å². The summed E-state index contributed by atoms with van der Waals surface area (Å²) in [4.78, 5) is 2.18. The minimum atomic E-state index is 0.789. The average Bonchev–Trinajstić information content (AvgIpc) is 3.17. The molecule has 2 nitrogen and oxygen atoms in total. The molecule has 0 heterocycles. The van der Waals surface area contributed by atoms with Crippen molar-refractivity contribution in [2.45, 2.75) is 44.7 Å². The van der Waals surface area contributed by atoms with Crippen molar-refractivity contribution in [3.8, 4) is 0 Å². The highest BCUT2D eigenvalue weighted by Crippen LogP contribution is 2.58. The van der Waals surface area contributed by atoms with Crippen molar-refractivity contribution >= 4 is 5.69 Å². The van der Waals surface area contributed by atoms with E-state index in [1.807, 2.05) is 0 Å². The molecule has 1 aromatic carbocycles. The summed E-state index contributed by atoms with van der Waals surface area (Å²) >= 11 is 0. The molecule has 0 amide bonds. The van der Waals surface area contributed by atoms with Crippen molar-refractivity contribution in [2.24, 2.45) is 23.7 Å². The van der Waals surface area contributed by atoms with Crippen LogP contribution in [0, 0.1) is 23.7 Å². The van der Waals surface area contributed by atoms with E-state index in [1.165, 1.54) is 43.4 Å². The Hall–Kier alpha value is -1.02. The van der Waals surface area contributed by atoms with Crippen LogP contribution in [0.3, 0.4) is 0 Å². The molecule has 0 saturated heterocycles. The normalized spacial score (nSPS) is 37.0. The maximum absolute atomic E-state index is 3.89. The molecule has 0 spiro atoms. The van der Waals surface area contributed by atoms with Crippen molar-refractivity contribution in [1.82, 2.24) is 5.32 Å². The van der Waals surface area contributed by atoms with Crippen molar-refractivity contribution in [3.05, 3.63) is 29.8 Å². The zero-order valence-corrected chi connectivity index (χ0v) is 13.4. The second-order valence-electron chi connectivity index (χ2n) is 7.71. The Morgan fingerprint density at radius 1 is 1.10 bits per heavy atom. The maximum Gasteiger partial charge on any atom is 0.0364 e. The number of nitrogens with zero attached hydrogens (tertiary/aromatic N) is 1. The molecule has 0 aliphatic heterocycles. The Bertz CT molecular complexity index is 510. The number of fused-ring (bicyclic) bond motifs is 5. The van der Waals surface area contributed by atoms with Gasteiger partial charge in [-0.05, 0) is 67.1 Å². The number of nitrogens with one attached hydrogen (secondary N) is 1. The first kappa shape index (κ1) is 13.6. The van der Waals surface area contributed by atoms with Gasteiger partial charge >= 0.3 is 0 Å². The van der Waals surface area contributed by atoms with Gasteiger partial charge < -0.3 is 10.2 Å². The van der Waals surface area contributed by atoms with Crippen molar-refractivity contribution in [3.63, 3.8) is 0 Å². The highest BCUT2D eigenvalue weighted by molar-refractivity contribution is 5.47. The second kappa shape index (κ2) is 5.31. The maximum atomic E-state index is 3.89. The van der Waals surface area contributed by atoms with Crippen LogP contribution in [-0.4, -0.2) is 20.1 Å². The Labute approximate surface area is 128 Å².